The molecule has 446 valence electrons. The van der Waals surface area contributed by atoms with Gasteiger partial charge in [0.25, 0.3) is 0 Å². The van der Waals surface area contributed by atoms with E-state index < -0.39 is 0 Å². The third kappa shape index (κ3) is 14.1. The molecule has 12 aliphatic carbocycles. The maximum atomic E-state index is 3.35. The molecular weight excluding hydrogens is 945 g/mol. The van der Waals surface area contributed by atoms with Crippen molar-refractivity contribution in [3.8, 4) is 0 Å². The monoisotopic (exact) mass is 1080 g/mol. The Balaban J connectivity index is 0.622. The zero-order valence-electron chi connectivity index (χ0n) is 52.1. The van der Waals surface area contributed by atoms with Crippen molar-refractivity contribution < 1.29 is 0 Å². The van der Waals surface area contributed by atoms with Gasteiger partial charge in [-0.15, -0.1) is 0 Å². The molecule has 0 saturated heterocycles. The van der Waals surface area contributed by atoms with Crippen LogP contribution in [0, 0.1) is 47.3 Å². The largest absolute Gasteiger partial charge is 0.294 e. The summed E-state index contributed by atoms with van der Waals surface area (Å²) in [5.41, 5.74) is 0. The van der Waals surface area contributed by atoms with E-state index in [1.807, 2.05) is 0 Å². The maximum Gasteiger partial charge on any atom is 0.0127 e. The Morgan fingerprint density at radius 1 is 0.167 bits per heavy atom. The lowest BCUT2D eigenvalue weighted by molar-refractivity contribution is -0.0420. The van der Waals surface area contributed by atoms with Gasteiger partial charge in [0.05, 0.1) is 0 Å². The molecule has 6 unspecified atom stereocenters. The highest BCUT2D eigenvalue weighted by Crippen LogP contribution is 2.51. The van der Waals surface area contributed by atoms with Gasteiger partial charge >= 0.3 is 0 Å². The molecule has 0 spiro atoms. The van der Waals surface area contributed by atoms with Crippen molar-refractivity contribution in [1.29, 1.82) is 0 Å². The van der Waals surface area contributed by atoms with E-state index >= 15 is 0 Å². The van der Waals surface area contributed by atoms with Gasteiger partial charge in [-0.2, -0.15) is 0 Å². The number of rotatable bonds is 15. The third-order valence-electron chi connectivity index (χ3n) is 27.7. The number of nitrogens with zero attached hydrogens (tertiary/aromatic N) is 4. The van der Waals surface area contributed by atoms with Gasteiger partial charge in [0.2, 0.25) is 0 Å². The van der Waals surface area contributed by atoms with Crippen LogP contribution >= 0.6 is 0 Å². The summed E-state index contributed by atoms with van der Waals surface area (Å²) < 4.78 is 0. The average Bonchev–Trinajstić information content (AvgIpc) is 3.56. The Morgan fingerprint density at radius 3 is 0.564 bits per heavy atom. The van der Waals surface area contributed by atoms with E-state index in [9.17, 15) is 0 Å². The molecule has 0 bridgehead atoms. The van der Waals surface area contributed by atoms with Crippen molar-refractivity contribution in [3.05, 3.63) is 0 Å². The topological polar surface area (TPSA) is 13.0 Å². The zero-order valence-corrected chi connectivity index (χ0v) is 52.1. The molecule has 0 aliphatic heterocycles. The average molecular weight is 1080 g/mol. The minimum Gasteiger partial charge on any atom is -0.294 e. The molecule has 12 aliphatic rings. The number of hydrogen-bond acceptors (Lipinski definition) is 4. The SMILES string of the molecule is CC1CC(C2CCC(N(C3CCCCC3)C3CCC(C4CCC(N(C5CCCCC5)C5CCCCC5)CC4)CC3)C(C)C2)CCC1N(C1CCCCC1)C1CCC(C2CCC(N(C3CCCCC3)C3CCCCC3)CC2)CC1. The molecule has 12 saturated carbocycles. The number of hydrogen-bond donors (Lipinski definition) is 0. The highest BCUT2D eigenvalue weighted by Gasteiger charge is 2.47. The Kier molecular flexibility index (Phi) is 21.5. The van der Waals surface area contributed by atoms with Gasteiger partial charge in [0.15, 0.2) is 0 Å². The fourth-order valence-corrected chi connectivity index (χ4v) is 23.8. The second-order valence-electron chi connectivity index (χ2n) is 32.0. The lowest BCUT2D eigenvalue weighted by Crippen LogP contribution is -2.56. The lowest BCUT2D eigenvalue weighted by atomic mass is 9.65. The molecule has 0 heterocycles. The van der Waals surface area contributed by atoms with Crippen LogP contribution in [0.25, 0.3) is 0 Å². The van der Waals surface area contributed by atoms with E-state index in [-0.39, 0.29) is 0 Å². The predicted octanol–water partition coefficient (Wildman–Crippen LogP) is 20.0. The van der Waals surface area contributed by atoms with Crippen molar-refractivity contribution >= 4 is 0 Å². The first kappa shape index (κ1) is 58.2. The molecule has 78 heavy (non-hydrogen) atoms. The van der Waals surface area contributed by atoms with Gasteiger partial charge in [-0.25, -0.2) is 0 Å². The minimum absolute atomic E-state index is 0.866. The highest BCUT2D eigenvalue weighted by molar-refractivity contribution is 5.01. The Bertz CT molecular complexity index is 1520. The molecule has 0 aromatic heterocycles. The van der Waals surface area contributed by atoms with Crippen molar-refractivity contribution in [2.24, 2.45) is 47.3 Å². The van der Waals surface area contributed by atoms with E-state index in [1.54, 1.807) is 77.0 Å². The Hall–Kier alpha value is -0.160. The first-order valence-corrected chi connectivity index (χ1v) is 37.6. The summed E-state index contributed by atoms with van der Waals surface area (Å²) in [6, 6.07) is 10.8. The van der Waals surface area contributed by atoms with Gasteiger partial charge in [-0.05, 0) is 266 Å². The normalized spacial score (nSPS) is 41.0. The van der Waals surface area contributed by atoms with Gasteiger partial charge < -0.3 is 0 Å². The fraction of sp³-hybridized carbons (Fsp3) is 1.00. The summed E-state index contributed by atoms with van der Waals surface area (Å²) in [7, 11) is 0. The van der Waals surface area contributed by atoms with E-state index in [0.717, 1.165) is 120 Å². The van der Waals surface area contributed by atoms with Crippen LogP contribution in [-0.2, 0) is 0 Å². The van der Waals surface area contributed by atoms with Crippen LogP contribution in [-0.4, -0.2) is 92.1 Å². The van der Waals surface area contributed by atoms with Crippen molar-refractivity contribution in [2.45, 2.75) is 420 Å². The molecule has 6 atom stereocenters. The van der Waals surface area contributed by atoms with Crippen LogP contribution in [0.2, 0.25) is 0 Å². The van der Waals surface area contributed by atoms with E-state index in [1.165, 1.54) is 257 Å². The van der Waals surface area contributed by atoms with Crippen LogP contribution in [0.3, 0.4) is 0 Å². The third-order valence-corrected chi connectivity index (χ3v) is 27.7. The Labute approximate surface area is 484 Å². The van der Waals surface area contributed by atoms with E-state index in [2.05, 4.69) is 33.4 Å². The molecule has 0 amide bonds. The molecule has 0 radical (unpaired) electrons. The van der Waals surface area contributed by atoms with Crippen molar-refractivity contribution in [2.75, 3.05) is 0 Å². The first-order valence-electron chi connectivity index (χ1n) is 37.6. The smallest absolute Gasteiger partial charge is 0.0127 e. The summed E-state index contributed by atoms with van der Waals surface area (Å²) in [5.74, 6) is 7.91. The summed E-state index contributed by atoms with van der Waals surface area (Å²) in [4.78, 5) is 13.2. The molecule has 12 rings (SSSR count). The minimum atomic E-state index is 0.866. The van der Waals surface area contributed by atoms with Crippen molar-refractivity contribution in [1.82, 2.24) is 19.6 Å². The van der Waals surface area contributed by atoms with Crippen LogP contribution in [0.15, 0.2) is 0 Å². The van der Waals surface area contributed by atoms with E-state index in [4.69, 9.17) is 0 Å². The summed E-state index contributed by atoms with van der Waals surface area (Å²) in [6.45, 7) is 5.57. The van der Waals surface area contributed by atoms with Gasteiger partial charge in [0.1, 0.15) is 0 Å². The molecule has 12 fully saturated rings. The summed E-state index contributed by atoms with van der Waals surface area (Å²) in [6.07, 6.45) is 79.2. The van der Waals surface area contributed by atoms with Gasteiger partial charge in [-0.1, -0.05) is 129 Å². The predicted molar refractivity (Wildman–Crippen MR) is 332 cm³/mol. The zero-order chi connectivity index (χ0) is 52.6. The van der Waals surface area contributed by atoms with Gasteiger partial charge in [0, 0.05) is 72.5 Å². The summed E-state index contributed by atoms with van der Waals surface area (Å²) in [5, 5.41) is 0. The molecule has 4 heteroatoms. The van der Waals surface area contributed by atoms with Crippen LogP contribution < -0.4 is 0 Å². The molecule has 0 aromatic rings. The molecular formula is C74H130N4. The first-order chi connectivity index (χ1) is 38.5. The van der Waals surface area contributed by atoms with Crippen LogP contribution in [0.4, 0.5) is 0 Å². The fourth-order valence-electron chi connectivity index (χ4n) is 23.8. The van der Waals surface area contributed by atoms with Crippen LogP contribution in [0.5, 0.6) is 0 Å². The lowest BCUT2D eigenvalue weighted by Gasteiger charge is -2.54. The maximum absolute atomic E-state index is 3.35. The second-order valence-corrected chi connectivity index (χ2v) is 32.0. The van der Waals surface area contributed by atoms with Crippen molar-refractivity contribution in [3.63, 3.8) is 0 Å². The Morgan fingerprint density at radius 2 is 0.346 bits per heavy atom. The molecule has 4 nitrogen and oxygen atoms in total. The second kappa shape index (κ2) is 28.8. The van der Waals surface area contributed by atoms with Gasteiger partial charge in [-0.3, -0.25) is 19.6 Å². The molecule has 0 aromatic carbocycles. The molecule has 0 N–H and O–H groups in total. The summed E-state index contributed by atoms with van der Waals surface area (Å²) >= 11 is 0. The highest BCUT2D eigenvalue weighted by atomic mass is 15.2. The van der Waals surface area contributed by atoms with E-state index in [0.29, 0.717) is 0 Å². The van der Waals surface area contributed by atoms with Crippen LogP contribution in [0.1, 0.15) is 348 Å². The quantitative estimate of drug-likeness (QED) is 0.162. The standard InChI is InChI=1S/C74H130N4/c1-55-53-61(41-51-73(55)77(67-29-17-7-18-30-67)71-47-37-59(38-48-71)57-33-43-69(44-34-57)75(63-21-9-3-10-22-63)64-23-11-4-12-24-64)62-42-52-74(56(2)54-62)78(68-31-19-8-20-32-68)72-49-39-60(40-50-72)58-35-45-70(46-36-58)76(65-25-13-5-14-26-65)66-27-15-6-16-28-66/h55-74H,3-54H2,1-2H3.